The van der Waals surface area contributed by atoms with E-state index in [4.69, 9.17) is 9.84 Å². The second-order valence-corrected chi connectivity index (χ2v) is 4.17. The summed E-state index contributed by atoms with van der Waals surface area (Å²) >= 11 is 0. The Morgan fingerprint density at radius 1 is 1.38 bits per heavy atom. The molecule has 0 unspecified atom stereocenters. The Bertz CT molecular complexity index is 514. The van der Waals surface area contributed by atoms with Gasteiger partial charge in [0.15, 0.2) is 0 Å². The number of hydrogen-bond acceptors (Lipinski definition) is 6. The van der Waals surface area contributed by atoms with Gasteiger partial charge in [0.05, 0.1) is 6.61 Å². The van der Waals surface area contributed by atoms with Gasteiger partial charge in [-0.1, -0.05) is 6.92 Å². The quantitative estimate of drug-likeness (QED) is 0.570. The van der Waals surface area contributed by atoms with E-state index in [1.807, 2.05) is 6.92 Å². The van der Waals surface area contributed by atoms with Gasteiger partial charge in [0, 0.05) is 12.8 Å². The molecule has 1 heterocycles. The van der Waals surface area contributed by atoms with E-state index in [-0.39, 0.29) is 25.3 Å². The third-order valence-corrected chi connectivity index (χ3v) is 2.62. The molecule has 0 bridgehead atoms. The Kier molecular flexibility index (Phi) is 6.31. The molecule has 1 atom stereocenters. The van der Waals surface area contributed by atoms with Crippen LogP contribution in [0.15, 0.2) is 0 Å². The first kappa shape index (κ1) is 16.6. The Hall–Kier alpha value is -2.45. The number of carbonyl (C=O) groups excluding carboxylic acids is 2. The minimum atomic E-state index is -1.24. The van der Waals surface area contributed by atoms with Crippen LogP contribution in [0.25, 0.3) is 0 Å². The van der Waals surface area contributed by atoms with Crippen LogP contribution in [0.3, 0.4) is 0 Å². The summed E-state index contributed by atoms with van der Waals surface area (Å²) < 4.78 is 4.71. The second-order valence-electron chi connectivity index (χ2n) is 4.17. The molecule has 1 amide bonds. The van der Waals surface area contributed by atoms with Gasteiger partial charge in [-0.2, -0.15) is 0 Å². The number of nitrogens with one attached hydrogen (secondary N) is 2. The number of aromatic nitrogens is 3. The van der Waals surface area contributed by atoms with Crippen LogP contribution in [0.5, 0.6) is 0 Å². The molecule has 3 N–H and O–H groups in total. The predicted octanol–water partition coefficient (Wildman–Crippen LogP) is -0.107. The highest BCUT2D eigenvalue weighted by molar-refractivity contribution is 5.93. The molecule has 0 radical (unpaired) electrons. The Morgan fingerprint density at radius 3 is 2.62 bits per heavy atom. The monoisotopic (exact) mass is 298 g/mol. The molecule has 0 aromatic carbocycles. The molecular formula is C12H18N4O5. The van der Waals surface area contributed by atoms with Gasteiger partial charge in [-0.15, -0.1) is 5.10 Å². The fourth-order valence-corrected chi connectivity index (χ4v) is 1.53. The van der Waals surface area contributed by atoms with E-state index in [0.717, 1.165) is 0 Å². The molecule has 9 heteroatoms. The predicted molar refractivity (Wildman–Crippen MR) is 70.5 cm³/mol. The average molecular weight is 298 g/mol. The van der Waals surface area contributed by atoms with Crippen LogP contribution >= 0.6 is 0 Å². The molecule has 0 aliphatic heterocycles. The zero-order chi connectivity index (χ0) is 15.8. The number of ether oxygens (including phenoxy) is 1. The molecule has 1 aromatic rings. The van der Waals surface area contributed by atoms with Crippen molar-refractivity contribution in [2.24, 2.45) is 0 Å². The van der Waals surface area contributed by atoms with Crippen LogP contribution < -0.4 is 5.32 Å². The number of H-pyrrole nitrogens is 1. The van der Waals surface area contributed by atoms with Gasteiger partial charge < -0.3 is 15.2 Å². The Balaban J connectivity index is 2.59. The van der Waals surface area contributed by atoms with E-state index in [1.54, 1.807) is 6.92 Å². The summed E-state index contributed by atoms with van der Waals surface area (Å²) in [6.45, 7) is 3.71. The number of aliphatic carboxylic acids is 1. The van der Waals surface area contributed by atoms with Crippen molar-refractivity contribution >= 4 is 17.8 Å². The van der Waals surface area contributed by atoms with E-state index in [9.17, 15) is 14.4 Å². The molecule has 9 nitrogen and oxygen atoms in total. The summed E-state index contributed by atoms with van der Waals surface area (Å²) in [5, 5.41) is 17.6. The number of esters is 1. The zero-order valence-electron chi connectivity index (χ0n) is 11.9. The number of carboxylic acids is 1. The first-order valence-electron chi connectivity index (χ1n) is 6.58. The number of carboxylic acid groups (broad SMARTS) is 1. The smallest absolute Gasteiger partial charge is 0.326 e. The van der Waals surface area contributed by atoms with E-state index in [1.165, 1.54) is 0 Å². The number of amides is 1. The third kappa shape index (κ3) is 5.21. The van der Waals surface area contributed by atoms with Crippen molar-refractivity contribution in [1.29, 1.82) is 0 Å². The lowest BCUT2D eigenvalue weighted by Crippen LogP contribution is -2.41. The zero-order valence-corrected chi connectivity index (χ0v) is 11.9. The van der Waals surface area contributed by atoms with Crippen LogP contribution in [0, 0.1) is 0 Å². The van der Waals surface area contributed by atoms with Crippen molar-refractivity contribution in [2.75, 3.05) is 6.61 Å². The number of rotatable bonds is 8. The van der Waals surface area contributed by atoms with Crippen molar-refractivity contribution < 1.29 is 24.2 Å². The summed E-state index contributed by atoms with van der Waals surface area (Å²) in [4.78, 5) is 38.0. The number of aromatic amines is 1. The third-order valence-electron chi connectivity index (χ3n) is 2.62. The molecular weight excluding hydrogens is 280 g/mol. The van der Waals surface area contributed by atoms with Gasteiger partial charge in [-0.05, 0) is 13.3 Å². The molecule has 0 aliphatic carbocycles. The van der Waals surface area contributed by atoms with Crippen molar-refractivity contribution in [3.8, 4) is 0 Å². The maximum absolute atomic E-state index is 11.8. The van der Waals surface area contributed by atoms with Crippen LogP contribution in [-0.2, 0) is 20.7 Å². The largest absolute Gasteiger partial charge is 0.480 e. The van der Waals surface area contributed by atoms with Crippen molar-refractivity contribution in [1.82, 2.24) is 20.5 Å². The maximum Gasteiger partial charge on any atom is 0.326 e. The maximum atomic E-state index is 11.8. The summed E-state index contributed by atoms with van der Waals surface area (Å²) in [6, 6.07) is -1.20. The van der Waals surface area contributed by atoms with E-state index in [2.05, 4.69) is 20.5 Å². The molecule has 0 spiro atoms. The van der Waals surface area contributed by atoms with Gasteiger partial charge >= 0.3 is 11.9 Å². The Labute approximate surface area is 121 Å². The standard InChI is InChI=1S/C12H18N4O5/c1-3-8-14-10(16-15-8)11(18)13-7(12(19)20)5-6-9(17)21-4-2/h7H,3-6H2,1-2H3,(H,13,18)(H,19,20)(H,14,15,16)/t7-/m0/s1. The Morgan fingerprint density at radius 2 is 2.10 bits per heavy atom. The summed E-state index contributed by atoms with van der Waals surface area (Å²) in [7, 11) is 0. The second kappa shape index (κ2) is 7.98. The molecule has 0 saturated heterocycles. The molecule has 21 heavy (non-hydrogen) atoms. The van der Waals surface area contributed by atoms with Gasteiger partial charge in [0.2, 0.25) is 5.82 Å². The lowest BCUT2D eigenvalue weighted by Gasteiger charge is -2.12. The van der Waals surface area contributed by atoms with E-state index >= 15 is 0 Å². The van der Waals surface area contributed by atoms with Crippen LogP contribution in [0.4, 0.5) is 0 Å². The molecule has 0 aliphatic rings. The minimum Gasteiger partial charge on any atom is -0.480 e. The lowest BCUT2D eigenvalue weighted by atomic mass is 10.1. The number of hydrogen-bond donors (Lipinski definition) is 3. The highest BCUT2D eigenvalue weighted by Gasteiger charge is 2.23. The minimum absolute atomic E-state index is 0.0645. The van der Waals surface area contributed by atoms with Crippen LogP contribution in [-0.4, -0.2) is 50.8 Å². The first-order chi connectivity index (χ1) is 9.97. The fourth-order valence-electron chi connectivity index (χ4n) is 1.53. The first-order valence-corrected chi connectivity index (χ1v) is 6.58. The molecule has 116 valence electrons. The SMILES string of the molecule is CCOC(=O)CC[C@H](NC(=O)c1n[nH]c(CC)n1)C(=O)O. The van der Waals surface area contributed by atoms with E-state index in [0.29, 0.717) is 12.2 Å². The van der Waals surface area contributed by atoms with Crippen molar-refractivity contribution in [3.63, 3.8) is 0 Å². The highest BCUT2D eigenvalue weighted by atomic mass is 16.5. The van der Waals surface area contributed by atoms with Gasteiger partial charge in [0.1, 0.15) is 11.9 Å². The van der Waals surface area contributed by atoms with Crippen LogP contribution in [0.2, 0.25) is 0 Å². The van der Waals surface area contributed by atoms with Gasteiger partial charge in [-0.25, -0.2) is 9.78 Å². The summed E-state index contributed by atoms with van der Waals surface area (Å²) in [5.41, 5.74) is 0. The van der Waals surface area contributed by atoms with Crippen molar-refractivity contribution in [3.05, 3.63) is 11.6 Å². The van der Waals surface area contributed by atoms with Crippen LogP contribution in [0.1, 0.15) is 43.1 Å². The fraction of sp³-hybridized carbons (Fsp3) is 0.583. The average Bonchev–Trinajstić information content (AvgIpc) is 2.92. The lowest BCUT2D eigenvalue weighted by molar-refractivity contribution is -0.144. The topological polar surface area (TPSA) is 134 Å². The number of carbonyl (C=O) groups is 3. The number of aryl methyl sites for hydroxylation is 1. The van der Waals surface area contributed by atoms with E-state index < -0.39 is 23.9 Å². The normalized spacial score (nSPS) is 11.7. The number of nitrogens with zero attached hydrogens (tertiary/aromatic N) is 2. The van der Waals surface area contributed by atoms with Gasteiger partial charge in [-0.3, -0.25) is 14.7 Å². The molecule has 1 aromatic heterocycles. The van der Waals surface area contributed by atoms with Gasteiger partial charge in [0.25, 0.3) is 5.91 Å². The highest BCUT2D eigenvalue weighted by Crippen LogP contribution is 2.02. The van der Waals surface area contributed by atoms with Crippen molar-refractivity contribution in [2.45, 2.75) is 39.2 Å². The summed E-state index contributed by atoms with van der Waals surface area (Å²) in [6.07, 6.45) is 0.412. The molecule has 1 rings (SSSR count). The molecule has 0 saturated carbocycles. The molecule has 0 fully saturated rings. The summed E-state index contributed by atoms with van der Waals surface area (Å²) in [5.74, 6) is -2.06.